The van der Waals surface area contributed by atoms with Gasteiger partial charge in [0.2, 0.25) is 0 Å². The van der Waals surface area contributed by atoms with Crippen molar-refractivity contribution < 1.29 is 9.84 Å². The maximum absolute atomic E-state index is 9.53. The highest BCUT2D eigenvalue weighted by atomic mass is 16.6. The molecule has 2 aliphatic carbocycles. The fraction of sp³-hybridized carbons (Fsp3) is 1.00. The number of ether oxygens (including phenoxy) is 1. The molecule has 1 N–H and O–H groups in total. The van der Waals surface area contributed by atoms with E-state index in [4.69, 9.17) is 4.74 Å². The Morgan fingerprint density at radius 3 is 2.77 bits per heavy atom. The summed E-state index contributed by atoms with van der Waals surface area (Å²) in [4.78, 5) is 0. The van der Waals surface area contributed by atoms with Crippen LogP contribution in [-0.2, 0) is 4.74 Å². The summed E-state index contributed by atoms with van der Waals surface area (Å²) in [6.07, 6.45) is 4.95. The van der Waals surface area contributed by atoms with Crippen LogP contribution in [0.4, 0.5) is 0 Å². The molecule has 2 heteroatoms. The summed E-state index contributed by atoms with van der Waals surface area (Å²) in [6, 6.07) is 0. The van der Waals surface area contributed by atoms with E-state index in [9.17, 15) is 5.11 Å². The highest BCUT2D eigenvalue weighted by molar-refractivity contribution is 5.00. The normalized spacial score (nSPS) is 59.5. The summed E-state index contributed by atoms with van der Waals surface area (Å²) in [7, 11) is 0. The summed E-state index contributed by atoms with van der Waals surface area (Å²) in [5.74, 6) is 3.37. The number of hydrogen-bond acceptors (Lipinski definition) is 2. The highest BCUT2D eigenvalue weighted by Crippen LogP contribution is 2.57. The Kier molecular flexibility index (Phi) is 1.72. The van der Waals surface area contributed by atoms with Gasteiger partial charge < -0.3 is 9.84 Å². The van der Waals surface area contributed by atoms with Crippen LogP contribution in [0.5, 0.6) is 0 Å². The molecule has 3 fully saturated rings. The molecular weight excluding hydrogens is 164 g/mol. The van der Waals surface area contributed by atoms with Gasteiger partial charge in [0.1, 0.15) is 0 Å². The lowest BCUT2D eigenvalue weighted by Gasteiger charge is -2.41. The first kappa shape index (κ1) is 8.25. The van der Waals surface area contributed by atoms with Crippen molar-refractivity contribution in [2.45, 2.75) is 45.0 Å². The van der Waals surface area contributed by atoms with Gasteiger partial charge in [0.25, 0.3) is 0 Å². The molecule has 6 atom stereocenters. The molecule has 1 aliphatic heterocycles. The first-order chi connectivity index (χ1) is 6.25. The molecule has 2 bridgehead atoms. The Labute approximate surface area is 79.3 Å². The number of fused-ring (bicyclic) bond motifs is 5. The molecule has 2 saturated carbocycles. The second-order valence-corrected chi connectivity index (χ2v) is 5.11. The van der Waals surface area contributed by atoms with E-state index >= 15 is 0 Å². The van der Waals surface area contributed by atoms with Crippen molar-refractivity contribution in [2.24, 2.45) is 23.7 Å². The fourth-order valence-corrected chi connectivity index (χ4v) is 4.16. The standard InChI is InChI=1S/C11H18O2/c1-6-11-8-3-2-7(4-8)9(11)5-10(12)13-6/h6-12H,2-5H2,1H3/t6?,7-,8+,9?,10+,11?/m0/s1. The van der Waals surface area contributed by atoms with Crippen LogP contribution in [0.1, 0.15) is 32.6 Å². The van der Waals surface area contributed by atoms with Crippen LogP contribution in [0.15, 0.2) is 0 Å². The number of aliphatic hydroxyl groups is 1. The minimum absolute atomic E-state index is 0.295. The third-order valence-corrected chi connectivity index (χ3v) is 4.55. The van der Waals surface area contributed by atoms with E-state index in [1.807, 2.05) is 0 Å². The molecule has 0 spiro atoms. The van der Waals surface area contributed by atoms with E-state index in [1.165, 1.54) is 19.3 Å². The van der Waals surface area contributed by atoms with E-state index in [1.54, 1.807) is 0 Å². The molecule has 2 nitrogen and oxygen atoms in total. The molecular formula is C11H18O2. The minimum atomic E-state index is -0.476. The van der Waals surface area contributed by atoms with Crippen molar-refractivity contribution >= 4 is 0 Å². The van der Waals surface area contributed by atoms with Crippen molar-refractivity contribution in [1.29, 1.82) is 0 Å². The van der Waals surface area contributed by atoms with Crippen molar-refractivity contribution in [3.05, 3.63) is 0 Å². The molecule has 0 aromatic rings. The van der Waals surface area contributed by atoms with Crippen LogP contribution in [0.25, 0.3) is 0 Å². The Balaban J connectivity index is 1.85. The van der Waals surface area contributed by atoms with E-state index in [-0.39, 0.29) is 0 Å². The highest BCUT2D eigenvalue weighted by Gasteiger charge is 2.52. The number of rotatable bonds is 0. The zero-order chi connectivity index (χ0) is 9.00. The van der Waals surface area contributed by atoms with Crippen LogP contribution >= 0.6 is 0 Å². The first-order valence-electron chi connectivity index (χ1n) is 5.59. The van der Waals surface area contributed by atoms with Crippen LogP contribution in [0.3, 0.4) is 0 Å². The van der Waals surface area contributed by atoms with Crippen LogP contribution in [0, 0.1) is 23.7 Å². The molecule has 0 aromatic heterocycles. The van der Waals surface area contributed by atoms with E-state index in [0.29, 0.717) is 6.10 Å². The van der Waals surface area contributed by atoms with Crippen LogP contribution in [-0.4, -0.2) is 17.5 Å². The Morgan fingerprint density at radius 1 is 1.15 bits per heavy atom. The third-order valence-electron chi connectivity index (χ3n) is 4.55. The monoisotopic (exact) mass is 182 g/mol. The lowest BCUT2D eigenvalue weighted by Crippen LogP contribution is -2.42. The van der Waals surface area contributed by atoms with Crippen LogP contribution in [0.2, 0.25) is 0 Å². The quantitative estimate of drug-likeness (QED) is 0.618. The van der Waals surface area contributed by atoms with Gasteiger partial charge in [0.05, 0.1) is 6.10 Å². The first-order valence-corrected chi connectivity index (χ1v) is 5.59. The molecule has 1 saturated heterocycles. The largest absolute Gasteiger partial charge is 0.368 e. The van der Waals surface area contributed by atoms with Gasteiger partial charge in [0.15, 0.2) is 6.29 Å². The average molecular weight is 182 g/mol. The van der Waals surface area contributed by atoms with E-state index in [0.717, 1.165) is 30.1 Å². The zero-order valence-electron chi connectivity index (χ0n) is 8.15. The predicted octanol–water partition coefficient (Wildman–Crippen LogP) is 1.78. The Morgan fingerprint density at radius 2 is 1.92 bits per heavy atom. The lowest BCUT2D eigenvalue weighted by atomic mass is 9.73. The molecule has 0 amide bonds. The molecule has 3 unspecified atom stereocenters. The summed E-state index contributed by atoms with van der Waals surface area (Å²) in [5, 5.41) is 9.53. The van der Waals surface area contributed by atoms with Gasteiger partial charge in [-0.05, 0) is 49.9 Å². The van der Waals surface area contributed by atoms with Crippen molar-refractivity contribution in [2.75, 3.05) is 0 Å². The number of aliphatic hydroxyl groups excluding tert-OH is 1. The van der Waals surface area contributed by atoms with Gasteiger partial charge in [-0.3, -0.25) is 0 Å². The third kappa shape index (κ3) is 1.08. The molecule has 74 valence electrons. The molecule has 0 radical (unpaired) electrons. The van der Waals surface area contributed by atoms with Gasteiger partial charge in [-0.2, -0.15) is 0 Å². The van der Waals surface area contributed by atoms with Gasteiger partial charge in [-0.1, -0.05) is 0 Å². The predicted molar refractivity (Wildman–Crippen MR) is 49.0 cm³/mol. The van der Waals surface area contributed by atoms with Crippen LogP contribution < -0.4 is 0 Å². The average Bonchev–Trinajstić information content (AvgIpc) is 2.62. The van der Waals surface area contributed by atoms with Gasteiger partial charge in [-0.25, -0.2) is 0 Å². The van der Waals surface area contributed by atoms with Crippen molar-refractivity contribution in [1.82, 2.24) is 0 Å². The molecule has 13 heavy (non-hydrogen) atoms. The summed E-state index contributed by atoms with van der Waals surface area (Å²) in [5.41, 5.74) is 0. The number of hydrogen-bond donors (Lipinski definition) is 1. The topological polar surface area (TPSA) is 29.5 Å². The summed E-state index contributed by atoms with van der Waals surface area (Å²) >= 11 is 0. The Bertz CT molecular complexity index is 216. The van der Waals surface area contributed by atoms with Gasteiger partial charge in [0, 0.05) is 6.42 Å². The molecule has 3 rings (SSSR count). The van der Waals surface area contributed by atoms with Gasteiger partial charge in [-0.15, -0.1) is 0 Å². The zero-order valence-corrected chi connectivity index (χ0v) is 8.15. The SMILES string of the molecule is CC1O[C@@H](O)CC2C1[C@@H]1CC[C@H]2C1. The Hall–Kier alpha value is -0.0800. The lowest BCUT2D eigenvalue weighted by molar-refractivity contribution is -0.202. The maximum Gasteiger partial charge on any atom is 0.155 e. The summed E-state index contributed by atoms with van der Waals surface area (Å²) in [6.45, 7) is 2.14. The second kappa shape index (κ2) is 2.71. The van der Waals surface area contributed by atoms with E-state index < -0.39 is 6.29 Å². The van der Waals surface area contributed by atoms with Gasteiger partial charge >= 0.3 is 0 Å². The maximum atomic E-state index is 9.53. The smallest absolute Gasteiger partial charge is 0.155 e. The van der Waals surface area contributed by atoms with Crippen molar-refractivity contribution in [3.8, 4) is 0 Å². The molecule has 1 heterocycles. The van der Waals surface area contributed by atoms with E-state index in [2.05, 4.69) is 6.92 Å². The van der Waals surface area contributed by atoms with Crippen molar-refractivity contribution in [3.63, 3.8) is 0 Å². The molecule has 0 aromatic carbocycles. The fourth-order valence-electron chi connectivity index (χ4n) is 4.16. The second-order valence-electron chi connectivity index (χ2n) is 5.11. The summed E-state index contributed by atoms with van der Waals surface area (Å²) < 4.78 is 5.51. The minimum Gasteiger partial charge on any atom is -0.368 e. The molecule has 3 aliphatic rings.